The van der Waals surface area contributed by atoms with Crippen LogP contribution in [0.4, 0.5) is 35.5 Å². The van der Waals surface area contributed by atoms with E-state index < -0.39 is 62.0 Å². The smallest absolute Gasteiger partial charge is 0.430 e. The average molecular weight is 557 g/mol. The maximum absolute atomic E-state index is 13.8. The highest BCUT2D eigenvalue weighted by Crippen LogP contribution is 2.52. The SMILES string of the molecule is CC1C[C@](c2ccc(C(O)(C(F)(F)F)C(F)(F)F)cc2)(S(=O)(=O)c2ccc(F)cc2)CCC1NC(=O)O. The fraction of sp³-hybridized carbons (Fsp3) is 0.435. The first-order chi connectivity index (χ1) is 16.9. The molecule has 3 N–H and O–H groups in total. The summed E-state index contributed by atoms with van der Waals surface area (Å²) in [6.45, 7) is 1.55. The molecule has 0 radical (unpaired) electrons. The molecule has 2 unspecified atom stereocenters. The van der Waals surface area contributed by atoms with Gasteiger partial charge in [-0.2, -0.15) is 26.3 Å². The second-order valence-electron chi connectivity index (χ2n) is 9.01. The first-order valence-corrected chi connectivity index (χ1v) is 12.3. The van der Waals surface area contributed by atoms with Crippen LogP contribution in [0, 0.1) is 11.7 Å². The molecule has 3 atom stereocenters. The van der Waals surface area contributed by atoms with E-state index in [1.54, 1.807) is 6.92 Å². The summed E-state index contributed by atoms with van der Waals surface area (Å²) in [5.74, 6) is -1.36. The van der Waals surface area contributed by atoms with Crippen LogP contribution in [-0.4, -0.2) is 43.1 Å². The van der Waals surface area contributed by atoms with Gasteiger partial charge in [0.2, 0.25) is 0 Å². The Morgan fingerprint density at radius 1 is 0.973 bits per heavy atom. The van der Waals surface area contributed by atoms with E-state index in [1.807, 2.05) is 0 Å². The lowest BCUT2D eigenvalue weighted by atomic mass is 9.74. The first kappa shape index (κ1) is 28.7. The number of carboxylic acid groups (broad SMARTS) is 1. The Bertz CT molecular complexity index is 1230. The standard InChI is InChI=1S/C23H22F7NO5S/c1-13-12-20(11-10-18(13)31-19(32)33,37(35,36)17-8-6-16(24)7-9-17)14-2-4-15(5-3-14)21(34,22(25,26)27)23(28,29)30/h2-9,13,18,31,34H,10-12H2,1H3,(H,32,33)/t13?,18?,20-/m1/s1. The van der Waals surface area contributed by atoms with Crippen LogP contribution >= 0.6 is 0 Å². The topological polar surface area (TPSA) is 104 Å². The van der Waals surface area contributed by atoms with Crippen molar-refractivity contribution in [1.82, 2.24) is 5.32 Å². The number of nitrogens with one attached hydrogen (secondary N) is 1. The second-order valence-corrected chi connectivity index (χ2v) is 11.3. The van der Waals surface area contributed by atoms with Gasteiger partial charge in [0.05, 0.1) is 4.90 Å². The molecule has 1 aliphatic rings. The Morgan fingerprint density at radius 2 is 1.49 bits per heavy atom. The maximum Gasteiger partial charge on any atom is 0.430 e. The molecule has 14 heteroatoms. The summed E-state index contributed by atoms with van der Waals surface area (Å²) in [6, 6.07) is 5.35. The van der Waals surface area contributed by atoms with Crippen LogP contribution in [0.2, 0.25) is 0 Å². The van der Waals surface area contributed by atoms with Gasteiger partial charge in [-0.3, -0.25) is 0 Å². The van der Waals surface area contributed by atoms with E-state index in [-0.39, 0.29) is 29.7 Å². The lowest BCUT2D eigenvalue weighted by Crippen LogP contribution is -2.54. The minimum atomic E-state index is -6.13. The van der Waals surface area contributed by atoms with Crippen LogP contribution in [0.25, 0.3) is 0 Å². The molecular weight excluding hydrogens is 535 g/mol. The number of benzene rings is 2. The van der Waals surface area contributed by atoms with Gasteiger partial charge in [0, 0.05) is 11.6 Å². The van der Waals surface area contributed by atoms with Crippen molar-refractivity contribution >= 4 is 15.9 Å². The third-order valence-corrected chi connectivity index (χ3v) is 9.32. The van der Waals surface area contributed by atoms with Crippen molar-refractivity contribution in [3.8, 4) is 0 Å². The molecule has 204 valence electrons. The van der Waals surface area contributed by atoms with E-state index in [2.05, 4.69) is 5.32 Å². The number of carbonyl (C=O) groups is 1. The highest BCUT2D eigenvalue weighted by Gasteiger charge is 2.71. The molecule has 0 aliphatic heterocycles. The van der Waals surface area contributed by atoms with Gasteiger partial charge in [0.25, 0.3) is 5.60 Å². The molecule has 37 heavy (non-hydrogen) atoms. The Morgan fingerprint density at radius 3 is 1.92 bits per heavy atom. The molecule has 0 spiro atoms. The van der Waals surface area contributed by atoms with Gasteiger partial charge in [0.15, 0.2) is 9.84 Å². The average Bonchev–Trinajstić information content (AvgIpc) is 2.78. The summed E-state index contributed by atoms with van der Waals surface area (Å²) < 4.78 is 119. The fourth-order valence-electron chi connectivity index (χ4n) is 4.81. The summed E-state index contributed by atoms with van der Waals surface area (Å²) in [5.41, 5.74) is -6.91. The molecule has 1 amide bonds. The fourth-order valence-corrected chi connectivity index (χ4v) is 7.08. The molecule has 3 rings (SSSR count). The third-order valence-electron chi connectivity index (χ3n) is 6.79. The van der Waals surface area contributed by atoms with Crippen molar-refractivity contribution in [2.45, 2.75) is 59.8 Å². The second kappa shape index (κ2) is 9.46. The summed E-state index contributed by atoms with van der Waals surface area (Å²) >= 11 is 0. The summed E-state index contributed by atoms with van der Waals surface area (Å²) in [6.07, 6.45) is -14.1. The van der Waals surface area contributed by atoms with Gasteiger partial charge in [0.1, 0.15) is 10.6 Å². The van der Waals surface area contributed by atoms with Crippen molar-refractivity contribution in [3.63, 3.8) is 0 Å². The Balaban J connectivity index is 2.17. The number of halogens is 7. The first-order valence-electron chi connectivity index (χ1n) is 10.8. The minimum absolute atomic E-state index is 0.0231. The zero-order valence-corrected chi connectivity index (χ0v) is 19.9. The largest absolute Gasteiger partial charge is 0.465 e. The molecular formula is C23H22F7NO5S. The summed E-state index contributed by atoms with van der Waals surface area (Å²) in [5, 5.41) is 21.0. The number of alkyl halides is 6. The quantitative estimate of drug-likeness (QED) is 0.344. The van der Waals surface area contributed by atoms with E-state index >= 15 is 0 Å². The van der Waals surface area contributed by atoms with Crippen LogP contribution in [0.15, 0.2) is 53.4 Å². The van der Waals surface area contributed by atoms with Crippen molar-refractivity contribution in [1.29, 1.82) is 0 Å². The number of aliphatic hydroxyl groups is 1. The van der Waals surface area contributed by atoms with E-state index in [0.29, 0.717) is 12.1 Å². The Kier molecular flexibility index (Phi) is 7.34. The monoisotopic (exact) mass is 557 g/mol. The highest BCUT2D eigenvalue weighted by atomic mass is 32.2. The maximum atomic E-state index is 13.8. The van der Waals surface area contributed by atoms with Crippen LogP contribution in [0.3, 0.4) is 0 Å². The van der Waals surface area contributed by atoms with E-state index in [4.69, 9.17) is 5.11 Å². The van der Waals surface area contributed by atoms with Gasteiger partial charge in [-0.05, 0) is 55.0 Å². The molecule has 1 saturated carbocycles. The molecule has 6 nitrogen and oxygen atoms in total. The van der Waals surface area contributed by atoms with Crippen molar-refractivity contribution in [2.24, 2.45) is 5.92 Å². The molecule has 0 aromatic heterocycles. The van der Waals surface area contributed by atoms with Crippen LogP contribution < -0.4 is 5.32 Å². The number of hydrogen-bond donors (Lipinski definition) is 3. The number of hydrogen-bond acceptors (Lipinski definition) is 4. The number of rotatable bonds is 5. The van der Waals surface area contributed by atoms with Gasteiger partial charge >= 0.3 is 18.4 Å². The molecule has 1 aliphatic carbocycles. The normalized spacial score (nSPS) is 23.5. The van der Waals surface area contributed by atoms with Crippen molar-refractivity contribution < 1.29 is 54.2 Å². The third kappa shape index (κ3) is 4.88. The summed E-state index contributed by atoms with van der Waals surface area (Å²) in [4.78, 5) is 10.8. The predicted molar refractivity (Wildman–Crippen MR) is 116 cm³/mol. The van der Waals surface area contributed by atoms with Gasteiger partial charge in [-0.1, -0.05) is 31.2 Å². The zero-order chi connectivity index (χ0) is 28.0. The number of sulfone groups is 1. The highest BCUT2D eigenvalue weighted by molar-refractivity contribution is 7.92. The Hall–Kier alpha value is -2.87. The van der Waals surface area contributed by atoms with Crippen molar-refractivity contribution in [3.05, 3.63) is 65.5 Å². The molecule has 2 aromatic carbocycles. The van der Waals surface area contributed by atoms with Gasteiger partial charge in [-0.25, -0.2) is 17.6 Å². The minimum Gasteiger partial charge on any atom is -0.465 e. The summed E-state index contributed by atoms with van der Waals surface area (Å²) in [7, 11) is -4.43. The molecule has 0 heterocycles. The zero-order valence-electron chi connectivity index (χ0n) is 19.1. The molecule has 0 saturated heterocycles. The molecule has 1 fully saturated rings. The Labute approximate surface area is 207 Å². The molecule has 0 bridgehead atoms. The predicted octanol–water partition coefficient (Wildman–Crippen LogP) is 5.26. The lowest BCUT2D eigenvalue weighted by Gasteiger charge is -2.43. The van der Waals surface area contributed by atoms with Crippen LogP contribution in [0.5, 0.6) is 0 Å². The van der Waals surface area contributed by atoms with Crippen LogP contribution in [0.1, 0.15) is 37.3 Å². The van der Waals surface area contributed by atoms with Gasteiger partial charge < -0.3 is 15.5 Å². The molecule has 2 aromatic rings. The van der Waals surface area contributed by atoms with E-state index in [0.717, 1.165) is 36.4 Å². The lowest BCUT2D eigenvalue weighted by molar-refractivity contribution is -0.376. The van der Waals surface area contributed by atoms with Gasteiger partial charge in [-0.15, -0.1) is 0 Å². The van der Waals surface area contributed by atoms with Crippen LogP contribution in [-0.2, 0) is 20.2 Å². The van der Waals surface area contributed by atoms with E-state index in [9.17, 15) is 49.1 Å². The van der Waals surface area contributed by atoms with E-state index in [1.165, 1.54) is 0 Å². The van der Waals surface area contributed by atoms with Crippen molar-refractivity contribution in [2.75, 3.05) is 0 Å². The number of amides is 1.